The van der Waals surface area contributed by atoms with Crippen LogP contribution in [0.1, 0.15) is 40.3 Å². The van der Waals surface area contributed by atoms with Gasteiger partial charge in [-0.25, -0.2) is 0 Å². The van der Waals surface area contributed by atoms with Crippen LogP contribution in [0, 0.1) is 13.8 Å². The van der Waals surface area contributed by atoms with Gasteiger partial charge in [-0.3, -0.25) is 9.97 Å². The minimum Gasteiger partial charge on any atom is -0.508 e. The Hall–Kier alpha value is -3.71. The molecule has 0 amide bonds. The summed E-state index contributed by atoms with van der Waals surface area (Å²) in [6.45, 7) is 4.91. The van der Waals surface area contributed by atoms with E-state index in [0.717, 1.165) is 28.3 Å². The summed E-state index contributed by atoms with van der Waals surface area (Å²) in [6, 6.07) is 19.4. The molecule has 4 aromatic rings. The Morgan fingerprint density at radius 3 is 2.45 bits per heavy atom. The molecule has 3 aromatic heterocycles. The van der Waals surface area contributed by atoms with Crippen LogP contribution in [-0.4, -0.2) is 29.7 Å². The largest absolute Gasteiger partial charge is 0.508 e. The normalized spacial score (nSPS) is 17.9. The molecule has 0 saturated carbocycles. The first kappa shape index (κ1) is 21.2. The van der Waals surface area contributed by atoms with E-state index in [9.17, 15) is 5.11 Å². The highest BCUT2D eigenvalue weighted by molar-refractivity contribution is 7.80. The standard InChI is InChI=1S/C26H25N5OS/c1-17-15-22(18(2)31(17)20-6-8-21(32)9-7-20)25-24(23-5-3-4-12-28-23)29-26(33)30(25)16-19-10-13-27-14-11-19/h3-15,24-25,32H,16H2,1-2H3,(H,29,33)/t24-,25-/m0/s1. The van der Waals surface area contributed by atoms with Gasteiger partial charge in [-0.1, -0.05) is 6.07 Å². The molecule has 1 fully saturated rings. The average molecular weight is 456 g/mol. The molecule has 1 aliphatic heterocycles. The number of phenols is 1. The molecular formula is C26H25N5OS. The summed E-state index contributed by atoms with van der Waals surface area (Å²) in [5.74, 6) is 0.255. The number of thiocarbonyl (C=S) groups is 1. The molecule has 6 nitrogen and oxygen atoms in total. The van der Waals surface area contributed by atoms with Crippen LogP contribution >= 0.6 is 12.2 Å². The molecule has 0 bridgehead atoms. The maximum atomic E-state index is 9.73. The van der Waals surface area contributed by atoms with Crippen molar-refractivity contribution in [1.29, 1.82) is 0 Å². The molecule has 5 rings (SSSR count). The Bertz CT molecular complexity index is 1270. The van der Waals surface area contributed by atoms with Crippen molar-refractivity contribution < 1.29 is 5.11 Å². The number of hydrogen-bond donors (Lipinski definition) is 2. The first-order valence-electron chi connectivity index (χ1n) is 10.9. The third-order valence-corrected chi connectivity index (χ3v) is 6.55. The molecule has 0 spiro atoms. The summed E-state index contributed by atoms with van der Waals surface area (Å²) in [5.41, 5.74) is 6.56. The van der Waals surface area contributed by atoms with E-state index in [1.807, 2.05) is 61.1 Å². The summed E-state index contributed by atoms with van der Waals surface area (Å²) in [5, 5.41) is 14.0. The molecule has 1 saturated heterocycles. The number of aryl methyl sites for hydroxylation is 1. The topological polar surface area (TPSA) is 66.2 Å². The zero-order chi connectivity index (χ0) is 22.9. The second-order valence-electron chi connectivity index (χ2n) is 8.29. The summed E-state index contributed by atoms with van der Waals surface area (Å²) < 4.78 is 2.22. The SMILES string of the molecule is Cc1cc([C@H]2[C@H](c3ccccn3)NC(=S)N2Cc2ccncc2)c(C)n1-c1ccc(O)cc1. The lowest BCUT2D eigenvalue weighted by Gasteiger charge is -2.28. The highest BCUT2D eigenvalue weighted by Gasteiger charge is 2.41. The first-order chi connectivity index (χ1) is 16.0. The van der Waals surface area contributed by atoms with Crippen molar-refractivity contribution in [1.82, 2.24) is 24.8 Å². The van der Waals surface area contributed by atoms with Crippen LogP contribution < -0.4 is 5.32 Å². The number of nitrogens with one attached hydrogen (secondary N) is 1. The average Bonchev–Trinajstić information content (AvgIpc) is 3.31. The van der Waals surface area contributed by atoms with E-state index >= 15 is 0 Å². The fourth-order valence-electron chi connectivity index (χ4n) is 4.69. The lowest BCUT2D eigenvalue weighted by atomic mass is 9.96. The van der Waals surface area contributed by atoms with Crippen LogP contribution in [0.4, 0.5) is 0 Å². The maximum Gasteiger partial charge on any atom is 0.170 e. The van der Waals surface area contributed by atoms with Gasteiger partial charge in [0, 0.05) is 42.2 Å². The van der Waals surface area contributed by atoms with Crippen molar-refractivity contribution >= 4 is 17.3 Å². The van der Waals surface area contributed by atoms with Gasteiger partial charge in [0.2, 0.25) is 0 Å². The van der Waals surface area contributed by atoms with E-state index in [1.165, 1.54) is 5.56 Å². The van der Waals surface area contributed by atoms with Crippen LogP contribution in [0.15, 0.2) is 79.3 Å². The maximum absolute atomic E-state index is 9.73. The second-order valence-corrected chi connectivity index (χ2v) is 8.67. The molecule has 7 heteroatoms. The van der Waals surface area contributed by atoms with E-state index in [2.05, 4.69) is 44.7 Å². The van der Waals surface area contributed by atoms with Crippen molar-refractivity contribution in [3.63, 3.8) is 0 Å². The number of hydrogen-bond acceptors (Lipinski definition) is 4. The predicted octanol–water partition coefficient (Wildman–Crippen LogP) is 4.76. The van der Waals surface area contributed by atoms with Gasteiger partial charge in [-0.15, -0.1) is 0 Å². The van der Waals surface area contributed by atoms with Crippen LogP contribution in [0.2, 0.25) is 0 Å². The number of benzene rings is 1. The number of nitrogens with zero attached hydrogens (tertiary/aromatic N) is 4. The van der Waals surface area contributed by atoms with Gasteiger partial charge >= 0.3 is 0 Å². The van der Waals surface area contributed by atoms with E-state index in [1.54, 1.807) is 12.1 Å². The van der Waals surface area contributed by atoms with Gasteiger partial charge in [0.15, 0.2) is 5.11 Å². The molecule has 2 N–H and O–H groups in total. The molecule has 4 heterocycles. The fraction of sp³-hybridized carbons (Fsp3) is 0.192. The van der Waals surface area contributed by atoms with E-state index in [0.29, 0.717) is 11.7 Å². The molecular weight excluding hydrogens is 430 g/mol. The van der Waals surface area contributed by atoms with Crippen molar-refractivity contribution in [2.24, 2.45) is 0 Å². The monoisotopic (exact) mass is 455 g/mol. The van der Waals surface area contributed by atoms with Crippen molar-refractivity contribution in [2.75, 3.05) is 0 Å². The van der Waals surface area contributed by atoms with Gasteiger partial charge in [0.25, 0.3) is 0 Å². The molecule has 2 atom stereocenters. The zero-order valence-electron chi connectivity index (χ0n) is 18.5. The van der Waals surface area contributed by atoms with Crippen LogP contribution in [0.25, 0.3) is 5.69 Å². The smallest absolute Gasteiger partial charge is 0.170 e. The van der Waals surface area contributed by atoms with Crippen LogP contribution in [0.5, 0.6) is 5.75 Å². The Morgan fingerprint density at radius 2 is 1.76 bits per heavy atom. The highest BCUT2D eigenvalue weighted by Crippen LogP contribution is 2.42. The number of aromatic hydroxyl groups is 1. The lowest BCUT2D eigenvalue weighted by molar-refractivity contribution is 0.310. The minimum absolute atomic E-state index is 0.0300. The van der Waals surface area contributed by atoms with E-state index < -0.39 is 0 Å². The van der Waals surface area contributed by atoms with Gasteiger partial charge in [-0.05, 0) is 91.8 Å². The minimum atomic E-state index is -0.0747. The van der Waals surface area contributed by atoms with Crippen molar-refractivity contribution in [3.8, 4) is 11.4 Å². The number of aromatic nitrogens is 3. The molecule has 166 valence electrons. The highest BCUT2D eigenvalue weighted by atomic mass is 32.1. The van der Waals surface area contributed by atoms with Gasteiger partial charge in [-0.2, -0.15) is 0 Å². The molecule has 1 aromatic carbocycles. The van der Waals surface area contributed by atoms with E-state index in [-0.39, 0.29) is 17.8 Å². The molecule has 0 aliphatic carbocycles. The number of rotatable bonds is 5. The third kappa shape index (κ3) is 3.96. The Kier molecular flexibility index (Phi) is 5.56. The number of pyridine rings is 2. The molecule has 33 heavy (non-hydrogen) atoms. The van der Waals surface area contributed by atoms with E-state index in [4.69, 9.17) is 12.2 Å². The summed E-state index contributed by atoms with van der Waals surface area (Å²) in [6.07, 6.45) is 5.44. The van der Waals surface area contributed by atoms with Gasteiger partial charge in [0.1, 0.15) is 5.75 Å². The molecule has 0 radical (unpaired) electrons. The van der Waals surface area contributed by atoms with Gasteiger partial charge in [0.05, 0.1) is 17.8 Å². The third-order valence-electron chi connectivity index (χ3n) is 6.20. The van der Waals surface area contributed by atoms with Gasteiger partial charge < -0.3 is 19.9 Å². The predicted molar refractivity (Wildman–Crippen MR) is 132 cm³/mol. The Morgan fingerprint density at radius 1 is 1.00 bits per heavy atom. The Labute approximate surface area is 198 Å². The summed E-state index contributed by atoms with van der Waals surface area (Å²) in [4.78, 5) is 11.0. The van der Waals surface area contributed by atoms with Crippen molar-refractivity contribution in [2.45, 2.75) is 32.5 Å². The van der Waals surface area contributed by atoms with Crippen molar-refractivity contribution in [3.05, 3.63) is 107 Å². The first-order valence-corrected chi connectivity index (χ1v) is 11.3. The van der Waals surface area contributed by atoms with Crippen LogP contribution in [-0.2, 0) is 6.54 Å². The lowest BCUT2D eigenvalue weighted by Crippen LogP contribution is -2.29. The number of phenolic OH excluding ortho intramolecular Hbond substituents is 1. The molecule has 0 unspecified atom stereocenters. The summed E-state index contributed by atoms with van der Waals surface area (Å²) in [7, 11) is 0. The van der Waals surface area contributed by atoms with Crippen LogP contribution in [0.3, 0.4) is 0 Å². The molecule has 1 aliphatic rings. The zero-order valence-corrected chi connectivity index (χ0v) is 19.3. The fourth-order valence-corrected chi connectivity index (χ4v) is 4.99. The Balaban J connectivity index is 1.61. The quantitative estimate of drug-likeness (QED) is 0.423. The second kappa shape index (κ2) is 8.67. The summed E-state index contributed by atoms with van der Waals surface area (Å²) >= 11 is 5.82.